The van der Waals surface area contributed by atoms with E-state index in [4.69, 9.17) is 4.74 Å². The number of ether oxygens (including phenoxy) is 1. The van der Waals surface area contributed by atoms with Gasteiger partial charge in [-0.1, -0.05) is 0 Å². The zero-order valence-corrected chi connectivity index (χ0v) is 18.8. The second-order valence-corrected chi connectivity index (χ2v) is 9.29. The number of fused-ring (bicyclic) bond motifs is 1. The second-order valence-electron chi connectivity index (χ2n) is 8.29. The van der Waals surface area contributed by atoms with Gasteiger partial charge in [0.2, 0.25) is 0 Å². The van der Waals surface area contributed by atoms with E-state index >= 15 is 0 Å². The van der Waals surface area contributed by atoms with Gasteiger partial charge >= 0.3 is 5.97 Å². The molecule has 8 heteroatoms. The third-order valence-electron chi connectivity index (χ3n) is 6.38. The van der Waals surface area contributed by atoms with Crippen molar-refractivity contribution in [2.75, 3.05) is 31.1 Å². The summed E-state index contributed by atoms with van der Waals surface area (Å²) in [5, 5.41) is 1.01. The van der Waals surface area contributed by atoms with Crippen molar-refractivity contribution in [2.45, 2.75) is 58.9 Å². The summed E-state index contributed by atoms with van der Waals surface area (Å²) in [6.07, 6.45) is 6.51. The molecule has 162 valence electrons. The maximum atomic E-state index is 13.3. The highest BCUT2D eigenvalue weighted by molar-refractivity contribution is 7.20. The lowest BCUT2D eigenvalue weighted by atomic mass is 9.96. The number of hydrogen-bond donors (Lipinski definition) is 0. The molecular formula is C22H30N4O3S. The molecule has 4 heterocycles. The van der Waals surface area contributed by atoms with E-state index in [0.29, 0.717) is 38.6 Å². The number of anilines is 1. The summed E-state index contributed by atoms with van der Waals surface area (Å²) >= 11 is 1.46. The summed E-state index contributed by atoms with van der Waals surface area (Å²) in [5.74, 6) is 0.755. The van der Waals surface area contributed by atoms with E-state index in [-0.39, 0.29) is 17.8 Å². The molecule has 2 saturated heterocycles. The third-order valence-corrected chi connectivity index (χ3v) is 7.57. The molecule has 0 N–H and O–H groups in total. The van der Waals surface area contributed by atoms with Gasteiger partial charge in [0.15, 0.2) is 0 Å². The molecule has 2 aromatic heterocycles. The van der Waals surface area contributed by atoms with Crippen molar-refractivity contribution < 1.29 is 14.3 Å². The molecule has 2 aliphatic rings. The fourth-order valence-corrected chi connectivity index (χ4v) is 5.72. The minimum absolute atomic E-state index is 0.0375. The first kappa shape index (κ1) is 21.0. The average molecular weight is 431 g/mol. The maximum Gasteiger partial charge on any atom is 0.309 e. The van der Waals surface area contributed by atoms with Crippen molar-refractivity contribution in [3.63, 3.8) is 0 Å². The molecule has 0 spiro atoms. The Morgan fingerprint density at radius 3 is 2.63 bits per heavy atom. The van der Waals surface area contributed by atoms with Gasteiger partial charge in [-0.3, -0.25) is 9.59 Å². The van der Waals surface area contributed by atoms with Gasteiger partial charge in [-0.05, 0) is 58.4 Å². The zero-order valence-electron chi connectivity index (χ0n) is 18.0. The lowest BCUT2D eigenvalue weighted by Crippen LogP contribution is -2.40. The molecule has 2 fully saturated rings. The molecule has 2 aromatic rings. The van der Waals surface area contributed by atoms with Crippen molar-refractivity contribution in [1.29, 1.82) is 0 Å². The van der Waals surface area contributed by atoms with Crippen LogP contribution in [0.2, 0.25) is 0 Å². The van der Waals surface area contributed by atoms with E-state index in [9.17, 15) is 9.59 Å². The molecule has 1 unspecified atom stereocenters. The van der Waals surface area contributed by atoms with Crippen LogP contribution in [0.1, 0.15) is 61.2 Å². The Bertz CT molecular complexity index is 936. The molecule has 30 heavy (non-hydrogen) atoms. The molecule has 0 bridgehead atoms. The van der Waals surface area contributed by atoms with E-state index < -0.39 is 0 Å². The number of hydrogen-bond acceptors (Lipinski definition) is 7. The Hall–Kier alpha value is -2.22. The monoisotopic (exact) mass is 430 g/mol. The first-order valence-corrected chi connectivity index (χ1v) is 11.8. The van der Waals surface area contributed by atoms with Crippen molar-refractivity contribution in [3.05, 3.63) is 16.8 Å². The van der Waals surface area contributed by atoms with Crippen LogP contribution in [-0.2, 0) is 9.53 Å². The Kier molecular flexibility index (Phi) is 6.22. The summed E-state index contributed by atoms with van der Waals surface area (Å²) in [6, 6.07) is 0.442. The van der Waals surface area contributed by atoms with Gasteiger partial charge in [-0.15, -0.1) is 11.3 Å². The summed E-state index contributed by atoms with van der Waals surface area (Å²) in [7, 11) is 0. The minimum atomic E-state index is -0.141. The number of carbonyl (C=O) groups is 2. The number of thiophene rings is 1. The Morgan fingerprint density at radius 2 is 1.93 bits per heavy atom. The van der Waals surface area contributed by atoms with Gasteiger partial charge in [0.05, 0.1) is 22.8 Å². The van der Waals surface area contributed by atoms with Gasteiger partial charge in [-0.2, -0.15) is 0 Å². The first-order chi connectivity index (χ1) is 14.5. The Morgan fingerprint density at radius 1 is 1.17 bits per heavy atom. The molecule has 1 amide bonds. The van der Waals surface area contributed by atoms with Gasteiger partial charge in [0.1, 0.15) is 17.0 Å². The molecule has 0 saturated carbocycles. The van der Waals surface area contributed by atoms with Crippen LogP contribution in [-0.4, -0.2) is 59.0 Å². The quantitative estimate of drug-likeness (QED) is 0.687. The molecule has 4 rings (SSSR count). The van der Waals surface area contributed by atoms with Crippen LogP contribution in [0.3, 0.4) is 0 Å². The number of piperidine rings is 2. The SMILES string of the molecule is CCOC(=O)C1CCN(C(=O)c2sc3ncnc(N4CCCCC4C)c3c2C)CC1. The minimum Gasteiger partial charge on any atom is -0.466 e. The number of aryl methyl sites for hydroxylation is 1. The number of nitrogens with zero attached hydrogens (tertiary/aromatic N) is 4. The molecule has 0 aromatic carbocycles. The summed E-state index contributed by atoms with van der Waals surface area (Å²) in [6.45, 7) is 8.64. The van der Waals surface area contributed by atoms with Crippen molar-refractivity contribution in [2.24, 2.45) is 5.92 Å². The highest BCUT2D eigenvalue weighted by Crippen LogP contribution is 2.37. The van der Waals surface area contributed by atoms with Crippen LogP contribution in [0.15, 0.2) is 6.33 Å². The van der Waals surface area contributed by atoms with Gasteiger partial charge in [-0.25, -0.2) is 9.97 Å². The number of aromatic nitrogens is 2. The second kappa shape index (κ2) is 8.88. The van der Waals surface area contributed by atoms with Crippen LogP contribution in [0.5, 0.6) is 0 Å². The third kappa shape index (κ3) is 3.89. The average Bonchev–Trinajstić information content (AvgIpc) is 3.11. The molecule has 0 radical (unpaired) electrons. The predicted molar refractivity (Wildman–Crippen MR) is 118 cm³/mol. The van der Waals surface area contributed by atoms with Crippen LogP contribution in [0.25, 0.3) is 10.2 Å². The van der Waals surface area contributed by atoms with Crippen LogP contribution < -0.4 is 4.90 Å². The predicted octanol–water partition coefficient (Wildman–Crippen LogP) is 3.79. The van der Waals surface area contributed by atoms with E-state index in [1.165, 1.54) is 24.2 Å². The van der Waals surface area contributed by atoms with Crippen molar-refractivity contribution in [1.82, 2.24) is 14.9 Å². The number of esters is 1. The molecule has 1 atom stereocenters. The van der Waals surface area contributed by atoms with Gasteiger partial charge < -0.3 is 14.5 Å². The lowest BCUT2D eigenvalue weighted by molar-refractivity contribution is -0.149. The summed E-state index contributed by atoms with van der Waals surface area (Å²) in [4.78, 5) is 40.2. The first-order valence-electron chi connectivity index (χ1n) is 11.0. The van der Waals surface area contributed by atoms with Crippen LogP contribution in [0, 0.1) is 12.8 Å². The Balaban J connectivity index is 1.57. The smallest absolute Gasteiger partial charge is 0.309 e. The number of likely N-dealkylation sites (tertiary alicyclic amines) is 1. The molecule has 7 nitrogen and oxygen atoms in total. The van der Waals surface area contributed by atoms with Crippen molar-refractivity contribution in [3.8, 4) is 0 Å². The number of carbonyl (C=O) groups excluding carboxylic acids is 2. The van der Waals surface area contributed by atoms with E-state index in [0.717, 1.165) is 39.4 Å². The molecular weight excluding hydrogens is 400 g/mol. The Labute approximate surface area is 181 Å². The lowest BCUT2D eigenvalue weighted by Gasteiger charge is -2.34. The van der Waals surface area contributed by atoms with E-state index in [1.54, 1.807) is 6.33 Å². The van der Waals surface area contributed by atoms with E-state index in [1.807, 2.05) is 18.7 Å². The molecule has 2 aliphatic heterocycles. The van der Waals surface area contributed by atoms with Crippen molar-refractivity contribution >= 4 is 39.2 Å². The largest absolute Gasteiger partial charge is 0.466 e. The standard InChI is InChI=1S/C22H30N4O3S/c1-4-29-22(28)16-8-11-25(12-9-16)21(27)18-15(3)17-19(23-13-24-20(17)30-18)26-10-6-5-7-14(26)2/h13-14,16H,4-12H2,1-3H3. The highest BCUT2D eigenvalue weighted by atomic mass is 32.1. The summed E-state index contributed by atoms with van der Waals surface area (Å²) in [5.41, 5.74) is 0.973. The topological polar surface area (TPSA) is 75.6 Å². The number of amides is 1. The highest BCUT2D eigenvalue weighted by Gasteiger charge is 2.31. The zero-order chi connectivity index (χ0) is 21.3. The normalized spacial score (nSPS) is 20.6. The fraction of sp³-hybridized carbons (Fsp3) is 0.636. The van der Waals surface area contributed by atoms with E-state index in [2.05, 4.69) is 21.8 Å². The maximum absolute atomic E-state index is 13.3. The fourth-order valence-electron chi connectivity index (χ4n) is 4.61. The van der Waals surface area contributed by atoms with Gasteiger partial charge in [0.25, 0.3) is 5.91 Å². The van der Waals surface area contributed by atoms with Crippen LogP contribution in [0.4, 0.5) is 5.82 Å². The number of rotatable bonds is 4. The summed E-state index contributed by atoms with van der Waals surface area (Å²) < 4.78 is 5.14. The van der Waals surface area contributed by atoms with Gasteiger partial charge in [0, 0.05) is 25.7 Å². The van der Waals surface area contributed by atoms with Crippen LogP contribution >= 0.6 is 11.3 Å². The molecule has 0 aliphatic carbocycles.